The van der Waals surface area contributed by atoms with E-state index in [0.29, 0.717) is 12.1 Å². The lowest BCUT2D eigenvalue weighted by atomic mass is 9.95. The Morgan fingerprint density at radius 2 is 1.95 bits per heavy atom. The van der Waals surface area contributed by atoms with Gasteiger partial charge in [-0.25, -0.2) is 0 Å². The maximum atomic E-state index is 4.66. The van der Waals surface area contributed by atoms with Gasteiger partial charge in [-0.15, -0.1) is 0 Å². The van der Waals surface area contributed by atoms with Crippen molar-refractivity contribution in [3.8, 4) is 0 Å². The molecule has 0 spiro atoms. The summed E-state index contributed by atoms with van der Waals surface area (Å²) in [5.41, 5.74) is 3.94. The predicted molar refractivity (Wildman–Crippen MR) is 83.9 cm³/mol. The minimum Gasteiger partial charge on any atom is -0.313 e. The van der Waals surface area contributed by atoms with Gasteiger partial charge in [-0.1, -0.05) is 31.2 Å². The minimum absolute atomic E-state index is 0.321. The molecule has 0 fully saturated rings. The third kappa shape index (κ3) is 3.28. The monoisotopic (exact) mass is 271 g/mol. The molecule has 1 aromatic carbocycles. The van der Waals surface area contributed by atoms with Crippen LogP contribution in [0.5, 0.6) is 0 Å². The molecule has 0 saturated carbocycles. The summed E-state index contributed by atoms with van der Waals surface area (Å²) in [5, 5.41) is 8.09. The van der Waals surface area contributed by atoms with Crippen molar-refractivity contribution in [3.63, 3.8) is 0 Å². The molecule has 2 rings (SSSR count). The van der Waals surface area contributed by atoms with Gasteiger partial charge in [0, 0.05) is 24.7 Å². The number of rotatable bonds is 6. The Labute approximate surface area is 122 Å². The first kappa shape index (κ1) is 14.8. The first-order valence-corrected chi connectivity index (χ1v) is 7.44. The topological polar surface area (TPSA) is 29.9 Å². The van der Waals surface area contributed by atoms with Gasteiger partial charge in [0.25, 0.3) is 0 Å². The van der Waals surface area contributed by atoms with Crippen LogP contribution in [0.25, 0.3) is 0 Å². The Hall–Kier alpha value is -1.61. The number of benzene rings is 1. The second-order valence-corrected chi connectivity index (χ2v) is 5.48. The maximum Gasteiger partial charge on any atom is 0.0643 e. The fourth-order valence-corrected chi connectivity index (χ4v) is 2.55. The van der Waals surface area contributed by atoms with Crippen LogP contribution in [0.15, 0.2) is 36.5 Å². The van der Waals surface area contributed by atoms with Crippen LogP contribution < -0.4 is 5.32 Å². The molecule has 1 N–H and O–H groups in total. The summed E-state index contributed by atoms with van der Waals surface area (Å²) in [5.74, 6) is 0. The van der Waals surface area contributed by atoms with E-state index >= 15 is 0 Å². The van der Waals surface area contributed by atoms with Gasteiger partial charge in [-0.2, -0.15) is 5.10 Å². The normalized spacial score (nSPS) is 12.8. The van der Waals surface area contributed by atoms with Crippen LogP contribution in [0, 0.1) is 0 Å². The lowest BCUT2D eigenvalue weighted by Gasteiger charge is -2.19. The number of aryl methyl sites for hydroxylation is 1. The molecule has 20 heavy (non-hydrogen) atoms. The summed E-state index contributed by atoms with van der Waals surface area (Å²) in [6.07, 6.45) is 4.06. The van der Waals surface area contributed by atoms with Crippen LogP contribution in [-0.4, -0.2) is 16.8 Å². The van der Waals surface area contributed by atoms with Gasteiger partial charge < -0.3 is 5.32 Å². The zero-order chi connectivity index (χ0) is 14.5. The number of nitrogens with zero attached hydrogens (tertiary/aromatic N) is 2. The Balaban J connectivity index is 2.19. The van der Waals surface area contributed by atoms with Gasteiger partial charge in [-0.05, 0) is 44.5 Å². The smallest absolute Gasteiger partial charge is 0.0643 e. The molecule has 0 bridgehead atoms. The van der Waals surface area contributed by atoms with Gasteiger partial charge in [0.1, 0.15) is 0 Å². The standard InChI is InChI=1S/C17H25N3/c1-5-14-8-6-7-9-16(14)17(18-4)12-15-10-11-20(19-15)13(2)3/h6-11,13,17-18H,5,12H2,1-4H3. The molecule has 0 amide bonds. The third-order valence-corrected chi connectivity index (χ3v) is 3.77. The van der Waals surface area contributed by atoms with E-state index in [1.165, 1.54) is 11.1 Å². The van der Waals surface area contributed by atoms with E-state index in [9.17, 15) is 0 Å². The maximum absolute atomic E-state index is 4.66. The highest BCUT2D eigenvalue weighted by molar-refractivity contribution is 5.31. The van der Waals surface area contributed by atoms with Crippen molar-refractivity contribution in [1.82, 2.24) is 15.1 Å². The predicted octanol–water partition coefficient (Wildman–Crippen LogP) is 3.53. The Bertz CT molecular complexity index is 543. The summed E-state index contributed by atoms with van der Waals surface area (Å²) in [4.78, 5) is 0. The average Bonchev–Trinajstić information content (AvgIpc) is 2.93. The van der Waals surface area contributed by atoms with Crippen molar-refractivity contribution >= 4 is 0 Å². The van der Waals surface area contributed by atoms with Crippen molar-refractivity contribution in [1.29, 1.82) is 0 Å². The largest absolute Gasteiger partial charge is 0.313 e. The van der Waals surface area contributed by atoms with E-state index in [4.69, 9.17) is 0 Å². The minimum atomic E-state index is 0.321. The first-order chi connectivity index (χ1) is 9.65. The molecule has 2 aromatic rings. The molecular weight excluding hydrogens is 246 g/mol. The van der Waals surface area contributed by atoms with Crippen LogP contribution in [0.1, 0.15) is 49.7 Å². The lowest BCUT2D eigenvalue weighted by molar-refractivity contribution is 0.514. The highest BCUT2D eigenvalue weighted by Crippen LogP contribution is 2.22. The van der Waals surface area contributed by atoms with E-state index in [2.05, 4.69) is 67.7 Å². The summed E-state index contributed by atoms with van der Waals surface area (Å²) in [6.45, 7) is 6.51. The fourth-order valence-electron chi connectivity index (χ4n) is 2.55. The molecule has 3 heteroatoms. The summed E-state index contributed by atoms with van der Waals surface area (Å²) < 4.78 is 2.02. The van der Waals surface area contributed by atoms with Gasteiger partial charge in [0.2, 0.25) is 0 Å². The van der Waals surface area contributed by atoms with Crippen LogP contribution in [-0.2, 0) is 12.8 Å². The van der Waals surface area contributed by atoms with Crippen LogP contribution in [0.4, 0.5) is 0 Å². The Kier molecular flexibility index (Phi) is 4.96. The SMILES string of the molecule is CCc1ccccc1C(Cc1ccn(C(C)C)n1)NC. The van der Waals surface area contributed by atoms with E-state index < -0.39 is 0 Å². The fraction of sp³-hybridized carbons (Fsp3) is 0.471. The number of nitrogens with one attached hydrogen (secondary N) is 1. The molecule has 0 saturated heterocycles. The molecule has 108 valence electrons. The number of hydrogen-bond donors (Lipinski definition) is 1. The number of aromatic nitrogens is 2. The van der Waals surface area contributed by atoms with Crippen molar-refractivity contribution in [2.75, 3.05) is 7.05 Å². The molecular formula is C17H25N3. The van der Waals surface area contributed by atoms with E-state index in [-0.39, 0.29) is 0 Å². The van der Waals surface area contributed by atoms with E-state index in [1.54, 1.807) is 0 Å². The Morgan fingerprint density at radius 3 is 2.55 bits per heavy atom. The molecule has 1 atom stereocenters. The quantitative estimate of drug-likeness (QED) is 0.871. The van der Waals surface area contributed by atoms with Gasteiger partial charge >= 0.3 is 0 Å². The van der Waals surface area contributed by atoms with Gasteiger partial charge in [0.05, 0.1) is 5.69 Å². The molecule has 3 nitrogen and oxygen atoms in total. The zero-order valence-corrected chi connectivity index (χ0v) is 12.9. The highest BCUT2D eigenvalue weighted by atomic mass is 15.3. The molecule has 1 unspecified atom stereocenters. The highest BCUT2D eigenvalue weighted by Gasteiger charge is 2.15. The van der Waals surface area contributed by atoms with Crippen LogP contribution in [0.3, 0.4) is 0 Å². The Morgan fingerprint density at radius 1 is 1.20 bits per heavy atom. The zero-order valence-electron chi connectivity index (χ0n) is 12.9. The van der Waals surface area contributed by atoms with Crippen molar-refractivity contribution in [3.05, 3.63) is 53.3 Å². The van der Waals surface area contributed by atoms with Crippen LogP contribution in [0.2, 0.25) is 0 Å². The second kappa shape index (κ2) is 6.71. The first-order valence-electron chi connectivity index (χ1n) is 7.44. The number of likely N-dealkylation sites (N-methyl/N-ethyl adjacent to an activating group) is 1. The van der Waals surface area contributed by atoms with Gasteiger partial charge in [0.15, 0.2) is 0 Å². The van der Waals surface area contributed by atoms with E-state index in [1.807, 2.05) is 11.7 Å². The van der Waals surface area contributed by atoms with Crippen molar-refractivity contribution in [2.24, 2.45) is 0 Å². The molecule has 1 heterocycles. The number of hydrogen-bond acceptors (Lipinski definition) is 2. The molecule has 0 aliphatic heterocycles. The molecule has 1 aromatic heterocycles. The molecule has 0 aliphatic carbocycles. The summed E-state index contributed by atoms with van der Waals surface area (Å²) >= 11 is 0. The summed E-state index contributed by atoms with van der Waals surface area (Å²) in [7, 11) is 2.02. The van der Waals surface area contributed by atoms with Crippen molar-refractivity contribution < 1.29 is 0 Å². The lowest BCUT2D eigenvalue weighted by Crippen LogP contribution is -2.20. The molecule has 0 aliphatic rings. The van der Waals surface area contributed by atoms with Gasteiger partial charge in [-0.3, -0.25) is 4.68 Å². The third-order valence-electron chi connectivity index (χ3n) is 3.77. The second-order valence-electron chi connectivity index (χ2n) is 5.48. The van der Waals surface area contributed by atoms with E-state index in [0.717, 1.165) is 18.5 Å². The van der Waals surface area contributed by atoms with Crippen molar-refractivity contribution in [2.45, 2.75) is 45.7 Å². The average molecular weight is 271 g/mol. The summed E-state index contributed by atoms with van der Waals surface area (Å²) in [6, 6.07) is 11.5. The van der Waals surface area contributed by atoms with Crippen LogP contribution >= 0.6 is 0 Å². The molecule has 0 radical (unpaired) electrons.